The molecule has 0 saturated heterocycles. The van der Waals surface area contributed by atoms with Crippen molar-refractivity contribution < 1.29 is 14.3 Å². The molecule has 1 amide bonds. The molecule has 2 aliphatic rings. The van der Waals surface area contributed by atoms with E-state index in [1.807, 2.05) is 32.0 Å². The summed E-state index contributed by atoms with van der Waals surface area (Å²) in [6.45, 7) is 5.06. The summed E-state index contributed by atoms with van der Waals surface area (Å²) in [6, 6.07) is 5.17. The highest BCUT2D eigenvalue weighted by Crippen LogP contribution is 2.34. The quantitative estimate of drug-likeness (QED) is 0.844. The molecule has 0 spiro atoms. The normalized spacial score (nSPS) is 20.6. The van der Waals surface area contributed by atoms with Crippen molar-refractivity contribution in [3.63, 3.8) is 0 Å². The highest BCUT2D eigenvalue weighted by molar-refractivity contribution is 6.05. The molecule has 6 heteroatoms. The van der Waals surface area contributed by atoms with Crippen molar-refractivity contribution in [3.05, 3.63) is 23.8 Å². The number of hydrogen-bond acceptors (Lipinski definition) is 5. The van der Waals surface area contributed by atoms with Crippen LogP contribution in [0.2, 0.25) is 0 Å². The second-order valence-corrected chi connectivity index (χ2v) is 5.07. The number of hydrogen-bond donors (Lipinski definition) is 2. The Labute approximate surface area is 117 Å². The topological polar surface area (TPSA) is 72.0 Å². The maximum absolute atomic E-state index is 12.0. The molecule has 106 valence electrons. The fraction of sp³-hybridized carbons (Fsp3) is 0.429. The average molecular weight is 275 g/mol. The van der Waals surface area contributed by atoms with Crippen LogP contribution in [0.3, 0.4) is 0 Å². The van der Waals surface area contributed by atoms with Crippen LogP contribution in [0.15, 0.2) is 23.2 Å². The number of nitrogens with one attached hydrogen (secondary N) is 2. The number of rotatable bonds is 2. The molecule has 0 aromatic heterocycles. The highest BCUT2D eigenvalue weighted by Gasteiger charge is 2.29. The predicted octanol–water partition coefficient (Wildman–Crippen LogP) is 0.983. The van der Waals surface area contributed by atoms with E-state index in [-0.39, 0.29) is 11.9 Å². The van der Waals surface area contributed by atoms with Gasteiger partial charge in [-0.05, 0) is 31.5 Å². The Kier molecular flexibility index (Phi) is 3.22. The van der Waals surface area contributed by atoms with Crippen LogP contribution in [-0.4, -0.2) is 31.1 Å². The molecule has 20 heavy (non-hydrogen) atoms. The molecular weight excluding hydrogens is 258 g/mol. The Hall–Kier alpha value is -2.24. The van der Waals surface area contributed by atoms with Crippen molar-refractivity contribution in [2.24, 2.45) is 4.99 Å². The molecule has 0 saturated carbocycles. The van der Waals surface area contributed by atoms with Crippen molar-refractivity contribution in [2.45, 2.75) is 25.9 Å². The SMILES string of the molecule is CC(C)NC1=NC(c2ccc3c(c2)OCCO3)C(=O)N1. The van der Waals surface area contributed by atoms with Crippen LogP contribution in [0, 0.1) is 0 Å². The Bertz CT molecular complexity index is 569. The molecule has 0 aliphatic carbocycles. The zero-order valence-electron chi connectivity index (χ0n) is 11.5. The van der Waals surface area contributed by atoms with Crippen LogP contribution in [0.4, 0.5) is 0 Å². The molecular formula is C14H17N3O3. The van der Waals surface area contributed by atoms with Gasteiger partial charge in [0.05, 0.1) is 0 Å². The summed E-state index contributed by atoms with van der Waals surface area (Å²) < 4.78 is 11.0. The molecule has 3 rings (SSSR count). The van der Waals surface area contributed by atoms with Gasteiger partial charge in [0.15, 0.2) is 23.5 Å². The van der Waals surface area contributed by atoms with Gasteiger partial charge < -0.3 is 14.8 Å². The van der Waals surface area contributed by atoms with E-state index in [4.69, 9.17) is 9.47 Å². The minimum Gasteiger partial charge on any atom is -0.486 e. The summed E-state index contributed by atoms with van der Waals surface area (Å²) in [5, 5.41) is 5.84. The first-order chi connectivity index (χ1) is 9.63. The van der Waals surface area contributed by atoms with E-state index in [0.717, 1.165) is 5.56 Å². The Balaban J connectivity index is 1.85. The molecule has 1 unspecified atom stereocenters. The van der Waals surface area contributed by atoms with E-state index in [1.54, 1.807) is 0 Å². The predicted molar refractivity (Wildman–Crippen MR) is 74.0 cm³/mol. The van der Waals surface area contributed by atoms with Crippen molar-refractivity contribution in [1.29, 1.82) is 0 Å². The van der Waals surface area contributed by atoms with E-state index in [0.29, 0.717) is 30.7 Å². The van der Waals surface area contributed by atoms with Crippen molar-refractivity contribution in [1.82, 2.24) is 10.6 Å². The maximum atomic E-state index is 12.0. The first-order valence-corrected chi connectivity index (χ1v) is 6.68. The summed E-state index contributed by atoms with van der Waals surface area (Å²) in [7, 11) is 0. The number of carbonyl (C=O) groups excluding carboxylic acids is 1. The number of nitrogens with zero attached hydrogens (tertiary/aromatic N) is 1. The smallest absolute Gasteiger partial charge is 0.256 e. The van der Waals surface area contributed by atoms with Gasteiger partial charge in [0.25, 0.3) is 5.91 Å². The number of carbonyl (C=O) groups is 1. The van der Waals surface area contributed by atoms with Gasteiger partial charge in [0.1, 0.15) is 13.2 Å². The minimum atomic E-state index is -0.535. The van der Waals surface area contributed by atoms with Crippen LogP contribution in [-0.2, 0) is 4.79 Å². The third-order valence-corrected chi connectivity index (χ3v) is 3.06. The Morgan fingerprint density at radius 1 is 1.30 bits per heavy atom. The van der Waals surface area contributed by atoms with Gasteiger partial charge in [-0.3, -0.25) is 10.1 Å². The zero-order valence-corrected chi connectivity index (χ0v) is 11.5. The van der Waals surface area contributed by atoms with Gasteiger partial charge in [-0.25, -0.2) is 4.99 Å². The summed E-state index contributed by atoms with van der Waals surface area (Å²) in [4.78, 5) is 16.4. The number of guanidine groups is 1. The minimum absolute atomic E-state index is 0.134. The van der Waals surface area contributed by atoms with E-state index in [9.17, 15) is 4.79 Å². The third-order valence-electron chi connectivity index (χ3n) is 3.06. The van der Waals surface area contributed by atoms with Crippen LogP contribution in [0.1, 0.15) is 25.5 Å². The third kappa shape index (κ3) is 2.41. The number of fused-ring (bicyclic) bond motifs is 1. The van der Waals surface area contributed by atoms with Crippen LogP contribution in [0.5, 0.6) is 11.5 Å². The van der Waals surface area contributed by atoms with E-state index >= 15 is 0 Å². The van der Waals surface area contributed by atoms with Crippen LogP contribution >= 0.6 is 0 Å². The van der Waals surface area contributed by atoms with Gasteiger partial charge in [-0.1, -0.05) is 6.07 Å². The lowest BCUT2D eigenvalue weighted by Crippen LogP contribution is -2.40. The first kappa shape index (κ1) is 12.8. The number of amides is 1. The molecule has 2 N–H and O–H groups in total. The van der Waals surface area contributed by atoms with Gasteiger partial charge in [-0.2, -0.15) is 0 Å². The highest BCUT2D eigenvalue weighted by atomic mass is 16.6. The lowest BCUT2D eigenvalue weighted by atomic mass is 10.1. The summed E-state index contributed by atoms with van der Waals surface area (Å²) >= 11 is 0. The Morgan fingerprint density at radius 2 is 2.05 bits per heavy atom. The molecule has 0 bridgehead atoms. The van der Waals surface area contributed by atoms with E-state index in [1.165, 1.54) is 0 Å². The van der Waals surface area contributed by atoms with Gasteiger partial charge >= 0.3 is 0 Å². The number of benzene rings is 1. The van der Waals surface area contributed by atoms with Gasteiger partial charge in [0, 0.05) is 6.04 Å². The fourth-order valence-electron chi connectivity index (χ4n) is 2.21. The summed E-state index contributed by atoms with van der Waals surface area (Å²) in [5.41, 5.74) is 0.798. The fourth-order valence-corrected chi connectivity index (χ4v) is 2.21. The Morgan fingerprint density at radius 3 is 2.80 bits per heavy atom. The molecule has 1 aromatic rings. The van der Waals surface area contributed by atoms with Crippen molar-refractivity contribution in [2.75, 3.05) is 13.2 Å². The molecule has 0 fully saturated rings. The maximum Gasteiger partial charge on any atom is 0.256 e. The van der Waals surface area contributed by atoms with Crippen molar-refractivity contribution >= 4 is 11.9 Å². The largest absolute Gasteiger partial charge is 0.486 e. The molecule has 1 atom stereocenters. The van der Waals surface area contributed by atoms with Gasteiger partial charge in [-0.15, -0.1) is 0 Å². The molecule has 0 radical (unpaired) electrons. The summed E-state index contributed by atoms with van der Waals surface area (Å²) in [6.07, 6.45) is 0. The lowest BCUT2D eigenvalue weighted by molar-refractivity contribution is -0.120. The van der Waals surface area contributed by atoms with Crippen LogP contribution in [0.25, 0.3) is 0 Å². The standard InChI is InChI=1S/C14H17N3O3/c1-8(2)15-14-16-12(13(18)17-14)9-3-4-10-11(7-9)20-6-5-19-10/h3-4,7-8,12H,5-6H2,1-2H3,(H2,15,16,17,18). The van der Waals surface area contributed by atoms with Gasteiger partial charge in [0.2, 0.25) is 0 Å². The summed E-state index contributed by atoms with van der Waals surface area (Å²) in [5.74, 6) is 1.76. The molecule has 6 nitrogen and oxygen atoms in total. The lowest BCUT2D eigenvalue weighted by Gasteiger charge is -2.19. The second kappa shape index (κ2) is 5.03. The van der Waals surface area contributed by atoms with E-state index < -0.39 is 6.04 Å². The average Bonchev–Trinajstić information content (AvgIpc) is 2.78. The zero-order chi connectivity index (χ0) is 14.1. The molecule has 2 heterocycles. The number of aliphatic imine (C=N–C) groups is 1. The first-order valence-electron chi connectivity index (χ1n) is 6.68. The van der Waals surface area contributed by atoms with E-state index in [2.05, 4.69) is 15.6 Å². The molecule has 2 aliphatic heterocycles. The monoisotopic (exact) mass is 275 g/mol. The molecule has 1 aromatic carbocycles. The van der Waals surface area contributed by atoms with Crippen molar-refractivity contribution in [3.8, 4) is 11.5 Å². The van der Waals surface area contributed by atoms with Crippen LogP contribution < -0.4 is 20.1 Å². The number of ether oxygens (including phenoxy) is 2. The second-order valence-electron chi connectivity index (χ2n) is 5.07.